The Morgan fingerprint density at radius 2 is 1.80 bits per heavy atom. The molecule has 12 heteroatoms. The van der Waals surface area contributed by atoms with E-state index < -0.39 is 21.2 Å². The summed E-state index contributed by atoms with van der Waals surface area (Å²) in [6.07, 6.45) is 5.87. The van der Waals surface area contributed by atoms with E-state index >= 15 is 0 Å². The summed E-state index contributed by atoms with van der Waals surface area (Å²) in [4.78, 5) is 13.4. The Morgan fingerprint density at radius 3 is 2.40 bits per heavy atom. The van der Waals surface area contributed by atoms with Gasteiger partial charge in [-0.15, -0.1) is 10.2 Å². The van der Waals surface area contributed by atoms with Crippen LogP contribution in [-0.2, 0) is 20.3 Å². The molecule has 4 heterocycles. The molecular weight excluding hydrogens is 530 g/mol. The zero-order chi connectivity index (χ0) is 28.6. The molecule has 0 radical (unpaired) electrons. The van der Waals surface area contributed by atoms with Crippen molar-refractivity contribution >= 4 is 9.84 Å². The van der Waals surface area contributed by atoms with Gasteiger partial charge in [0.1, 0.15) is 29.6 Å². The standard InChI is InChI=1S/C28H35N7O4S/c1-16(2)39-26(27-29-12-17(3)13-30-27)20(6)40(36,37)15-24-32-33-28(23-9-7-8-18(4)31-23)35(24)25(21-10-11-21)22-14-38-34-19(22)5/h7-9,12-14,16,20-21,25-26H,10-11,15H2,1-6H3/t20-,25+,26+/m0/s1. The zero-order valence-electron chi connectivity index (χ0n) is 23.6. The Hall–Kier alpha value is -3.51. The lowest BCUT2D eigenvalue weighted by Gasteiger charge is -2.26. The first kappa shape index (κ1) is 28.0. The zero-order valence-corrected chi connectivity index (χ0v) is 24.5. The molecule has 4 aromatic rings. The third kappa shape index (κ3) is 5.83. The fourth-order valence-corrected chi connectivity index (χ4v) is 6.26. The summed E-state index contributed by atoms with van der Waals surface area (Å²) in [5, 5.41) is 12.1. The van der Waals surface area contributed by atoms with E-state index in [2.05, 4.69) is 30.3 Å². The summed E-state index contributed by atoms with van der Waals surface area (Å²) in [7, 11) is -3.82. The largest absolute Gasteiger partial charge is 0.366 e. The molecule has 1 aliphatic rings. The van der Waals surface area contributed by atoms with Gasteiger partial charge in [-0.05, 0) is 78.0 Å². The minimum Gasteiger partial charge on any atom is -0.366 e. The van der Waals surface area contributed by atoms with Crippen LogP contribution in [0.3, 0.4) is 0 Å². The van der Waals surface area contributed by atoms with Crippen LogP contribution in [0, 0.1) is 26.7 Å². The molecule has 0 unspecified atom stereocenters. The summed E-state index contributed by atoms with van der Waals surface area (Å²) in [6.45, 7) is 11.0. The van der Waals surface area contributed by atoms with Crippen molar-refractivity contribution in [1.82, 2.24) is 34.9 Å². The molecule has 1 aliphatic carbocycles. The van der Waals surface area contributed by atoms with Crippen molar-refractivity contribution < 1.29 is 17.7 Å². The van der Waals surface area contributed by atoms with E-state index in [-0.39, 0.29) is 23.8 Å². The first-order valence-electron chi connectivity index (χ1n) is 13.5. The maximum atomic E-state index is 14.0. The highest BCUT2D eigenvalue weighted by atomic mass is 32.2. The van der Waals surface area contributed by atoms with Gasteiger partial charge in [0.25, 0.3) is 0 Å². The van der Waals surface area contributed by atoms with Gasteiger partial charge in [0.2, 0.25) is 0 Å². The molecule has 0 aromatic carbocycles. The summed E-state index contributed by atoms with van der Waals surface area (Å²) < 4.78 is 41.3. The van der Waals surface area contributed by atoms with Gasteiger partial charge in [0.05, 0.1) is 23.1 Å². The van der Waals surface area contributed by atoms with Crippen LogP contribution in [0.5, 0.6) is 0 Å². The number of pyridine rings is 1. The molecule has 0 N–H and O–H groups in total. The monoisotopic (exact) mass is 565 g/mol. The average Bonchev–Trinajstić information content (AvgIpc) is 3.54. The van der Waals surface area contributed by atoms with Crippen molar-refractivity contribution in [3.63, 3.8) is 0 Å². The van der Waals surface area contributed by atoms with Crippen molar-refractivity contribution in [2.24, 2.45) is 5.92 Å². The second-order valence-electron chi connectivity index (χ2n) is 10.8. The lowest BCUT2D eigenvalue weighted by molar-refractivity contribution is 0.00140. The summed E-state index contributed by atoms with van der Waals surface area (Å²) in [6, 6.07) is 5.44. The van der Waals surface area contributed by atoms with Crippen LogP contribution >= 0.6 is 0 Å². The lowest BCUT2D eigenvalue weighted by Crippen LogP contribution is -2.32. The number of nitrogens with zero attached hydrogens (tertiary/aromatic N) is 7. The predicted octanol–water partition coefficient (Wildman–Crippen LogP) is 4.51. The molecule has 40 heavy (non-hydrogen) atoms. The molecular formula is C28H35N7O4S. The molecule has 0 spiro atoms. The maximum Gasteiger partial charge on any atom is 0.183 e. The van der Waals surface area contributed by atoms with Gasteiger partial charge in [-0.1, -0.05) is 11.2 Å². The van der Waals surface area contributed by atoms with E-state index in [0.29, 0.717) is 23.2 Å². The van der Waals surface area contributed by atoms with E-state index in [4.69, 9.17) is 9.26 Å². The van der Waals surface area contributed by atoms with Gasteiger partial charge in [0.15, 0.2) is 21.5 Å². The quantitative estimate of drug-likeness (QED) is 0.255. The van der Waals surface area contributed by atoms with Crippen molar-refractivity contribution in [2.75, 3.05) is 0 Å². The Kier molecular flexibility index (Phi) is 7.83. The van der Waals surface area contributed by atoms with E-state index in [0.717, 1.165) is 35.4 Å². The fraction of sp³-hybridized carbons (Fsp3) is 0.500. The highest BCUT2D eigenvalue weighted by molar-refractivity contribution is 7.91. The van der Waals surface area contributed by atoms with Crippen LogP contribution in [-0.4, -0.2) is 54.6 Å². The molecule has 3 atom stereocenters. The minimum atomic E-state index is -3.82. The first-order chi connectivity index (χ1) is 19.0. The third-order valence-corrected chi connectivity index (χ3v) is 9.17. The third-order valence-electron chi connectivity index (χ3n) is 7.13. The number of hydrogen-bond acceptors (Lipinski definition) is 10. The van der Waals surface area contributed by atoms with Crippen LogP contribution in [0.15, 0.2) is 41.4 Å². The van der Waals surface area contributed by atoms with Crippen LogP contribution in [0.2, 0.25) is 0 Å². The second-order valence-corrected chi connectivity index (χ2v) is 13.2. The van der Waals surface area contributed by atoms with Crippen LogP contribution in [0.25, 0.3) is 11.5 Å². The van der Waals surface area contributed by atoms with Crippen molar-refractivity contribution in [3.05, 3.63) is 71.0 Å². The highest BCUT2D eigenvalue weighted by Crippen LogP contribution is 2.46. The summed E-state index contributed by atoms with van der Waals surface area (Å²) >= 11 is 0. The van der Waals surface area contributed by atoms with Gasteiger partial charge in [-0.25, -0.2) is 23.4 Å². The number of aromatic nitrogens is 7. The Bertz CT molecular complexity index is 1580. The van der Waals surface area contributed by atoms with Gasteiger partial charge in [0, 0.05) is 23.7 Å². The molecule has 0 saturated heterocycles. The molecule has 0 bridgehead atoms. The Balaban J connectivity index is 1.58. The van der Waals surface area contributed by atoms with Crippen molar-refractivity contribution in [2.45, 2.75) is 83.6 Å². The number of aryl methyl sites for hydroxylation is 3. The number of ether oxygens (including phenoxy) is 1. The molecule has 5 rings (SSSR count). The number of hydrogen-bond donors (Lipinski definition) is 0. The van der Waals surface area contributed by atoms with Gasteiger partial charge in [-0.3, -0.25) is 0 Å². The molecule has 0 amide bonds. The van der Waals surface area contributed by atoms with Gasteiger partial charge in [-0.2, -0.15) is 0 Å². The number of rotatable bonds is 11. The Morgan fingerprint density at radius 1 is 1.07 bits per heavy atom. The van der Waals surface area contributed by atoms with E-state index in [9.17, 15) is 8.42 Å². The van der Waals surface area contributed by atoms with Gasteiger partial charge >= 0.3 is 0 Å². The first-order valence-corrected chi connectivity index (χ1v) is 15.2. The highest BCUT2D eigenvalue weighted by Gasteiger charge is 2.41. The molecule has 4 aromatic heterocycles. The molecule has 11 nitrogen and oxygen atoms in total. The fourth-order valence-electron chi connectivity index (χ4n) is 4.88. The molecule has 1 saturated carbocycles. The lowest BCUT2D eigenvalue weighted by atomic mass is 10.0. The van der Waals surface area contributed by atoms with E-state index in [1.807, 2.05) is 57.4 Å². The minimum absolute atomic E-state index is 0.231. The van der Waals surface area contributed by atoms with E-state index in [1.54, 1.807) is 25.6 Å². The normalized spacial score (nSPS) is 16.3. The summed E-state index contributed by atoms with van der Waals surface area (Å²) in [5.74, 6) is 1.10. The maximum absolute atomic E-state index is 14.0. The van der Waals surface area contributed by atoms with Crippen LogP contribution < -0.4 is 0 Å². The molecule has 1 fully saturated rings. The van der Waals surface area contributed by atoms with Crippen LogP contribution in [0.1, 0.15) is 79.9 Å². The van der Waals surface area contributed by atoms with E-state index in [1.165, 1.54) is 0 Å². The Labute approximate surface area is 234 Å². The summed E-state index contributed by atoms with van der Waals surface area (Å²) in [5.41, 5.74) is 3.96. The SMILES string of the molecule is Cc1cnc([C@H](OC(C)C)[C@H](C)S(=O)(=O)Cc2nnc(-c3cccc(C)n3)n2[C@@H](c2conc2C)C2CC2)nc1. The van der Waals surface area contributed by atoms with Crippen molar-refractivity contribution in [3.8, 4) is 11.5 Å². The molecule has 212 valence electrons. The molecule has 0 aliphatic heterocycles. The number of sulfone groups is 1. The topological polar surface area (TPSA) is 139 Å². The average molecular weight is 566 g/mol. The predicted molar refractivity (Wildman–Crippen MR) is 148 cm³/mol. The van der Waals surface area contributed by atoms with Gasteiger partial charge < -0.3 is 13.8 Å². The second kappa shape index (κ2) is 11.2. The smallest absolute Gasteiger partial charge is 0.183 e. The van der Waals surface area contributed by atoms with Crippen LogP contribution in [0.4, 0.5) is 0 Å². The van der Waals surface area contributed by atoms with Crippen molar-refractivity contribution in [1.29, 1.82) is 0 Å².